The minimum atomic E-state index is -0.816. The van der Waals surface area contributed by atoms with E-state index in [0.29, 0.717) is 24.3 Å². The molecular weight excluding hydrogens is 293 g/mol. The molecule has 116 valence electrons. The highest BCUT2D eigenvalue weighted by atomic mass is 32.2. The van der Waals surface area contributed by atoms with Crippen LogP contribution in [-0.4, -0.2) is 28.8 Å². The molecule has 21 heavy (non-hydrogen) atoms. The number of amides is 1. The van der Waals surface area contributed by atoms with Gasteiger partial charge in [0, 0.05) is 18.2 Å². The molecule has 0 heterocycles. The summed E-state index contributed by atoms with van der Waals surface area (Å²) in [7, 11) is 0. The first-order valence-corrected chi connectivity index (χ1v) is 7.96. The van der Waals surface area contributed by atoms with Gasteiger partial charge < -0.3 is 10.4 Å². The Morgan fingerprint density at radius 2 is 2.00 bits per heavy atom. The number of aliphatic carboxylic acids is 1. The standard InChI is InChI=1S/C15H20FNO3S/c1-11(3-2-4-15(19)20)17-14(18)10-21-9-12-5-7-13(16)8-6-12/h5-8,11H,2-4,9-10H2,1H3,(H,17,18)(H,19,20). The zero-order valence-corrected chi connectivity index (χ0v) is 12.8. The fourth-order valence-corrected chi connectivity index (χ4v) is 2.59. The van der Waals surface area contributed by atoms with Crippen LogP contribution >= 0.6 is 11.8 Å². The van der Waals surface area contributed by atoms with Crippen molar-refractivity contribution in [1.82, 2.24) is 5.32 Å². The smallest absolute Gasteiger partial charge is 0.303 e. The molecule has 0 aromatic heterocycles. The van der Waals surface area contributed by atoms with E-state index in [-0.39, 0.29) is 24.2 Å². The fourth-order valence-electron chi connectivity index (χ4n) is 1.79. The van der Waals surface area contributed by atoms with Gasteiger partial charge in [-0.25, -0.2) is 4.39 Å². The van der Waals surface area contributed by atoms with Crippen molar-refractivity contribution in [2.45, 2.75) is 38.0 Å². The van der Waals surface area contributed by atoms with E-state index < -0.39 is 5.97 Å². The van der Waals surface area contributed by atoms with Gasteiger partial charge in [-0.05, 0) is 37.5 Å². The van der Waals surface area contributed by atoms with E-state index in [1.165, 1.54) is 23.9 Å². The van der Waals surface area contributed by atoms with Crippen molar-refractivity contribution in [1.29, 1.82) is 0 Å². The second kappa shape index (κ2) is 9.39. The van der Waals surface area contributed by atoms with Gasteiger partial charge in [-0.1, -0.05) is 12.1 Å². The Morgan fingerprint density at radius 3 is 2.62 bits per heavy atom. The maximum Gasteiger partial charge on any atom is 0.303 e. The first kappa shape index (κ1) is 17.5. The first-order valence-electron chi connectivity index (χ1n) is 6.80. The molecule has 1 aromatic carbocycles. The van der Waals surface area contributed by atoms with E-state index in [2.05, 4.69) is 5.32 Å². The first-order chi connectivity index (χ1) is 9.97. The van der Waals surface area contributed by atoms with E-state index >= 15 is 0 Å². The number of thioether (sulfide) groups is 1. The number of halogens is 1. The third kappa shape index (κ3) is 8.34. The van der Waals surface area contributed by atoms with Crippen molar-refractivity contribution in [3.63, 3.8) is 0 Å². The van der Waals surface area contributed by atoms with Gasteiger partial charge in [0.2, 0.25) is 5.91 Å². The molecule has 1 rings (SSSR count). The average Bonchev–Trinajstić information content (AvgIpc) is 2.40. The van der Waals surface area contributed by atoms with Crippen molar-refractivity contribution < 1.29 is 19.1 Å². The normalized spacial score (nSPS) is 11.9. The van der Waals surface area contributed by atoms with Crippen molar-refractivity contribution in [2.75, 3.05) is 5.75 Å². The Labute approximate surface area is 128 Å². The van der Waals surface area contributed by atoms with Gasteiger partial charge in [0.05, 0.1) is 5.75 Å². The molecule has 1 aromatic rings. The highest BCUT2D eigenvalue weighted by Crippen LogP contribution is 2.12. The molecule has 6 heteroatoms. The second-order valence-electron chi connectivity index (χ2n) is 4.87. The summed E-state index contributed by atoms with van der Waals surface area (Å²) < 4.78 is 12.7. The van der Waals surface area contributed by atoms with Crippen LogP contribution in [-0.2, 0) is 15.3 Å². The molecule has 0 aliphatic heterocycles. The fraction of sp³-hybridized carbons (Fsp3) is 0.467. The molecule has 1 unspecified atom stereocenters. The van der Waals surface area contributed by atoms with Crippen LogP contribution < -0.4 is 5.32 Å². The molecule has 0 radical (unpaired) electrons. The van der Waals surface area contributed by atoms with Crippen LogP contribution in [0.5, 0.6) is 0 Å². The van der Waals surface area contributed by atoms with E-state index in [0.717, 1.165) is 5.56 Å². The molecule has 2 N–H and O–H groups in total. The van der Waals surface area contributed by atoms with Gasteiger partial charge in [-0.15, -0.1) is 11.8 Å². The molecule has 0 bridgehead atoms. The number of carbonyl (C=O) groups excluding carboxylic acids is 1. The van der Waals surface area contributed by atoms with Gasteiger partial charge in [-0.2, -0.15) is 0 Å². The Morgan fingerprint density at radius 1 is 1.33 bits per heavy atom. The molecule has 0 saturated carbocycles. The zero-order chi connectivity index (χ0) is 15.7. The van der Waals surface area contributed by atoms with Crippen molar-refractivity contribution >= 4 is 23.6 Å². The van der Waals surface area contributed by atoms with Crippen molar-refractivity contribution in [3.05, 3.63) is 35.6 Å². The molecule has 0 aliphatic rings. The Kier molecular flexibility index (Phi) is 7.82. The number of hydrogen-bond acceptors (Lipinski definition) is 3. The summed E-state index contributed by atoms with van der Waals surface area (Å²) in [6, 6.07) is 6.19. The largest absolute Gasteiger partial charge is 0.481 e. The third-order valence-electron chi connectivity index (χ3n) is 2.85. The SMILES string of the molecule is CC(CCCC(=O)O)NC(=O)CSCc1ccc(F)cc1. The number of nitrogens with one attached hydrogen (secondary N) is 1. The minimum Gasteiger partial charge on any atom is -0.481 e. The second-order valence-corrected chi connectivity index (χ2v) is 5.86. The molecule has 1 atom stereocenters. The highest BCUT2D eigenvalue weighted by molar-refractivity contribution is 7.99. The third-order valence-corrected chi connectivity index (χ3v) is 3.85. The lowest BCUT2D eigenvalue weighted by Crippen LogP contribution is -2.33. The van der Waals surface area contributed by atoms with Crippen LogP contribution in [0.15, 0.2) is 24.3 Å². The summed E-state index contributed by atoms with van der Waals surface area (Å²) in [6.45, 7) is 1.87. The summed E-state index contributed by atoms with van der Waals surface area (Å²) in [5, 5.41) is 11.4. The Balaban J connectivity index is 2.15. The lowest BCUT2D eigenvalue weighted by Gasteiger charge is -2.13. The van der Waals surface area contributed by atoms with Crippen LogP contribution in [0.3, 0.4) is 0 Å². The molecule has 0 spiro atoms. The van der Waals surface area contributed by atoms with E-state index in [1.54, 1.807) is 12.1 Å². The van der Waals surface area contributed by atoms with E-state index in [9.17, 15) is 14.0 Å². The summed E-state index contributed by atoms with van der Waals surface area (Å²) in [6.07, 6.45) is 1.33. The van der Waals surface area contributed by atoms with Crippen LogP contribution in [0.25, 0.3) is 0 Å². The molecule has 0 saturated heterocycles. The van der Waals surface area contributed by atoms with Crippen LogP contribution in [0.1, 0.15) is 31.7 Å². The Bertz CT molecular complexity index is 464. The van der Waals surface area contributed by atoms with Crippen molar-refractivity contribution in [2.24, 2.45) is 0 Å². The van der Waals surface area contributed by atoms with Crippen LogP contribution in [0, 0.1) is 5.82 Å². The van der Waals surface area contributed by atoms with E-state index in [4.69, 9.17) is 5.11 Å². The summed E-state index contributed by atoms with van der Waals surface area (Å²) in [5.74, 6) is -0.160. The van der Waals surface area contributed by atoms with E-state index in [1.807, 2.05) is 6.92 Å². The molecule has 1 amide bonds. The van der Waals surface area contributed by atoms with Crippen LogP contribution in [0.2, 0.25) is 0 Å². The molecule has 4 nitrogen and oxygen atoms in total. The van der Waals surface area contributed by atoms with Gasteiger partial charge in [0.25, 0.3) is 0 Å². The Hall–Kier alpha value is -1.56. The molecule has 0 aliphatic carbocycles. The van der Waals surface area contributed by atoms with Gasteiger partial charge in [0.15, 0.2) is 0 Å². The summed E-state index contributed by atoms with van der Waals surface area (Å²) >= 11 is 1.46. The number of benzene rings is 1. The summed E-state index contributed by atoms with van der Waals surface area (Å²) in [4.78, 5) is 22.1. The predicted octanol–water partition coefficient (Wildman–Crippen LogP) is 2.82. The van der Waals surface area contributed by atoms with Crippen molar-refractivity contribution in [3.8, 4) is 0 Å². The number of hydrogen-bond donors (Lipinski definition) is 2. The quantitative estimate of drug-likeness (QED) is 0.736. The highest BCUT2D eigenvalue weighted by Gasteiger charge is 2.08. The maximum atomic E-state index is 12.7. The van der Waals surface area contributed by atoms with Gasteiger partial charge >= 0.3 is 5.97 Å². The lowest BCUT2D eigenvalue weighted by atomic mass is 10.1. The monoisotopic (exact) mass is 313 g/mol. The number of carbonyl (C=O) groups is 2. The van der Waals surface area contributed by atoms with Crippen LogP contribution in [0.4, 0.5) is 4.39 Å². The average molecular weight is 313 g/mol. The number of carboxylic acids is 1. The molecular formula is C15H20FNO3S. The zero-order valence-electron chi connectivity index (χ0n) is 12.0. The maximum absolute atomic E-state index is 12.7. The van der Waals surface area contributed by atoms with Gasteiger partial charge in [-0.3, -0.25) is 9.59 Å². The molecule has 0 fully saturated rings. The van der Waals surface area contributed by atoms with Gasteiger partial charge in [0.1, 0.15) is 5.82 Å². The number of carboxylic acid groups (broad SMARTS) is 1. The predicted molar refractivity (Wildman–Crippen MR) is 81.7 cm³/mol. The minimum absolute atomic E-state index is 0.0247. The summed E-state index contributed by atoms with van der Waals surface area (Å²) in [5.41, 5.74) is 0.976. The number of rotatable bonds is 9. The lowest BCUT2D eigenvalue weighted by molar-refractivity contribution is -0.137. The topological polar surface area (TPSA) is 66.4 Å².